The number of ether oxygens (including phenoxy) is 2. The SMILES string of the molecule is CC(C)C(NC(=O)CCOCCOCCN1C(=O)C=CC1=O)C(N)=O. The Morgan fingerprint density at radius 1 is 1.08 bits per heavy atom. The van der Waals surface area contributed by atoms with Gasteiger partial charge in [0.05, 0.1) is 33.0 Å². The molecule has 9 nitrogen and oxygen atoms in total. The number of hydrogen-bond acceptors (Lipinski definition) is 6. The fourth-order valence-electron chi connectivity index (χ4n) is 2.11. The molecule has 9 heteroatoms. The van der Waals surface area contributed by atoms with Crippen molar-refractivity contribution >= 4 is 23.6 Å². The van der Waals surface area contributed by atoms with Crippen LogP contribution < -0.4 is 11.1 Å². The zero-order chi connectivity index (χ0) is 18.8. The predicted octanol–water partition coefficient (Wildman–Crippen LogP) is -1.04. The van der Waals surface area contributed by atoms with Crippen molar-refractivity contribution in [3.05, 3.63) is 12.2 Å². The molecule has 0 bridgehead atoms. The standard InChI is InChI=1S/C16H25N3O6/c1-11(2)15(16(17)23)18-12(20)5-7-24-9-10-25-8-6-19-13(21)3-4-14(19)22/h3-4,11,15H,5-10H2,1-2H3,(H2,17,23)(H,18,20). The van der Waals surface area contributed by atoms with Crippen molar-refractivity contribution in [2.45, 2.75) is 26.3 Å². The zero-order valence-corrected chi connectivity index (χ0v) is 14.5. The molecule has 0 aromatic rings. The summed E-state index contributed by atoms with van der Waals surface area (Å²) in [5, 5.41) is 2.57. The van der Waals surface area contributed by atoms with E-state index in [1.165, 1.54) is 12.2 Å². The summed E-state index contributed by atoms with van der Waals surface area (Å²) in [6, 6.07) is -0.693. The second-order valence-corrected chi connectivity index (χ2v) is 5.83. The lowest BCUT2D eigenvalue weighted by molar-refractivity contribution is -0.137. The molecule has 1 unspecified atom stereocenters. The van der Waals surface area contributed by atoms with Gasteiger partial charge in [-0.05, 0) is 5.92 Å². The van der Waals surface area contributed by atoms with Crippen molar-refractivity contribution in [1.82, 2.24) is 10.2 Å². The van der Waals surface area contributed by atoms with Crippen LogP contribution in [0.25, 0.3) is 0 Å². The number of rotatable bonds is 12. The molecule has 0 saturated carbocycles. The maximum absolute atomic E-state index is 11.7. The number of hydrogen-bond donors (Lipinski definition) is 2. The number of amides is 4. The number of nitrogens with zero attached hydrogens (tertiary/aromatic N) is 1. The van der Waals surface area contributed by atoms with Gasteiger partial charge in [0.1, 0.15) is 6.04 Å². The highest BCUT2D eigenvalue weighted by Crippen LogP contribution is 2.03. The third kappa shape index (κ3) is 7.44. The molecule has 3 N–H and O–H groups in total. The van der Waals surface area contributed by atoms with Gasteiger partial charge in [-0.15, -0.1) is 0 Å². The van der Waals surface area contributed by atoms with Crippen molar-refractivity contribution in [2.75, 3.05) is 33.0 Å². The van der Waals surface area contributed by atoms with Crippen molar-refractivity contribution in [3.8, 4) is 0 Å². The molecule has 0 aromatic heterocycles. The van der Waals surface area contributed by atoms with Crippen LogP contribution in [-0.4, -0.2) is 67.5 Å². The Hall–Kier alpha value is -2.26. The van der Waals surface area contributed by atoms with E-state index in [1.807, 2.05) is 0 Å². The van der Waals surface area contributed by atoms with Crippen LogP contribution in [-0.2, 0) is 28.7 Å². The highest BCUT2D eigenvalue weighted by molar-refractivity contribution is 6.12. The monoisotopic (exact) mass is 355 g/mol. The van der Waals surface area contributed by atoms with E-state index >= 15 is 0 Å². The van der Waals surface area contributed by atoms with Gasteiger partial charge in [0.2, 0.25) is 11.8 Å². The first-order chi connectivity index (χ1) is 11.8. The van der Waals surface area contributed by atoms with Gasteiger partial charge < -0.3 is 20.5 Å². The molecule has 0 fully saturated rings. The van der Waals surface area contributed by atoms with Crippen LogP contribution >= 0.6 is 0 Å². The zero-order valence-electron chi connectivity index (χ0n) is 14.5. The Bertz CT molecular complexity index is 514. The number of nitrogens with two attached hydrogens (primary N) is 1. The summed E-state index contributed by atoms with van der Waals surface area (Å²) >= 11 is 0. The van der Waals surface area contributed by atoms with Crippen molar-refractivity contribution in [3.63, 3.8) is 0 Å². The van der Waals surface area contributed by atoms with Crippen LogP contribution in [0.15, 0.2) is 12.2 Å². The molecule has 1 atom stereocenters. The van der Waals surface area contributed by atoms with E-state index in [-0.39, 0.29) is 63.0 Å². The van der Waals surface area contributed by atoms with E-state index in [9.17, 15) is 19.2 Å². The lowest BCUT2D eigenvalue weighted by atomic mass is 10.0. The number of nitrogens with one attached hydrogen (secondary N) is 1. The molecule has 140 valence electrons. The molecule has 1 aliphatic rings. The third-order valence-corrected chi connectivity index (χ3v) is 3.49. The summed E-state index contributed by atoms with van der Waals surface area (Å²) in [7, 11) is 0. The topological polar surface area (TPSA) is 128 Å². The minimum absolute atomic E-state index is 0.0830. The Labute approximate surface area is 146 Å². The number of primary amides is 1. The Morgan fingerprint density at radius 2 is 1.64 bits per heavy atom. The second kappa shape index (κ2) is 10.6. The largest absolute Gasteiger partial charge is 0.379 e. The molecule has 0 aliphatic carbocycles. The number of carbonyl (C=O) groups is 4. The summed E-state index contributed by atoms with van der Waals surface area (Å²) in [4.78, 5) is 46.6. The molecule has 1 heterocycles. The summed E-state index contributed by atoms with van der Waals surface area (Å²) < 4.78 is 10.5. The van der Waals surface area contributed by atoms with Gasteiger partial charge in [-0.3, -0.25) is 24.1 Å². The van der Waals surface area contributed by atoms with Gasteiger partial charge >= 0.3 is 0 Å². The molecule has 4 amide bonds. The highest BCUT2D eigenvalue weighted by Gasteiger charge is 2.22. The molecule has 0 aromatic carbocycles. The Balaban J connectivity index is 2.03. The molecule has 25 heavy (non-hydrogen) atoms. The van der Waals surface area contributed by atoms with E-state index in [4.69, 9.17) is 15.2 Å². The van der Waals surface area contributed by atoms with Crippen LogP contribution in [0.1, 0.15) is 20.3 Å². The number of imide groups is 1. The van der Waals surface area contributed by atoms with Crippen LogP contribution in [0.4, 0.5) is 0 Å². The first-order valence-corrected chi connectivity index (χ1v) is 8.10. The lowest BCUT2D eigenvalue weighted by Crippen LogP contribution is -2.47. The molecule has 1 rings (SSSR count). The van der Waals surface area contributed by atoms with E-state index in [1.54, 1.807) is 13.8 Å². The van der Waals surface area contributed by atoms with E-state index in [2.05, 4.69) is 5.32 Å². The fraction of sp³-hybridized carbons (Fsp3) is 0.625. The average Bonchev–Trinajstić information content (AvgIpc) is 2.86. The van der Waals surface area contributed by atoms with Crippen molar-refractivity contribution in [1.29, 1.82) is 0 Å². The first kappa shape index (κ1) is 20.8. The smallest absolute Gasteiger partial charge is 0.253 e. The number of carbonyl (C=O) groups excluding carboxylic acids is 4. The molecular weight excluding hydrogens is 330 g/mol. The van der Waals surface area contributed by atoms with Crippen molar-refractivity contribution in [2.24, 2.45) is 11.7 Å². The molecular formula is C16H25N3O6. The summed E-state index contributed by atoms with van der Waals surface area (Å²) in [5.41, 5.74) is 5.22. The van der Waals surface area contributed by atoms with Crippen LogP contribution in [0.3, 0.4) is 0 Å². The summed E-state index contributed by atoms with van der Waals surface area (Å²) in [6.07, 6.45) is 2.55. The van der Waals surface area contributed by atoms with Gasteiger partial charge in [0, 0.05) is 18.6 Å². The van der Waals surface area contributed by atoms with E-state index in [0.717, 1.165) is 4.90 Å². The third-order valence-electron chi connectivity index (χ3n) is 3.49. The van der Waals surface area contributed by atoms with E-state index < -0.39 is 11.9 Å². The van der Waals surface area contributed by atoms with Gasteiger partial charge in [-0.25, -0.2) is 0 Å². The molecule has 0 saturated heterocycles. The van der Waals surface area contributed by atoms with Crippen LogP contribution in [0, 0.1) is 5.92 Å². The van der Waals surface area contributed by atoms with Gasteiger partial charge in [-0.2, -0.15) is 0 Å². The van der Waals surface area contributed by atoms with Crippen LogP contribution in [0.5, 0.6) is 0 Å². The van der Waals surface area contributed by atoms with E-state index in [0.29, 0.717) is 0 Å². The van der Waals surface area contributed by atoms with Gasteiger partial charge in [0.15, 0.2) is 0 Å². The maximum Gasteiger partial charge on any atom is 0.253 e. The van der Waals surface area contributed by atoms with Gasteiger partial charge in [-0.1, -0.05) is 13.8 Å². The minimum Gasteiger partial charge on any atom is -0.379 e. The fourth-order valence-corrected chi connectivity index (χ4v) is 2.11. The summed E-state index contributed by atoms with van der Waals surface area (Å²) in [5.74, 6) is -1.64. The first-order valence-electron chi connectivity index (χ1n) is 8.10. The Morgan fingerprint density at radius 3 is 2.16 bits per heavy atom. The Kier molecular flexibility index (Phi) is 8.79. The molecule has 1 aliphatic heterocycles. The van der Waals surface area contributed by atoms with Crippen LogP contribution in [0.2, 0.25) is 0 Å². The molecule has 0 spiro atoms. The quantitative estimate of drug-likeness (QED) is 0.340. The van der Waals surface area contributed by atoms with Crippen molar-refractivity contribution < 1.29 is 28.7 Å². The second-order valence-electron chi connectivity index (χ2n) is 5.83. The lowest BCUT2D eigenvalue weighted by Gasteiger charge is -2.18. The average molecular weight is 355 g/mol. The predicted molar refractivity (Wildman–Crippen MR) is 88.1 cm³/mol. The summed E-state index contributed by atoms with van der Waals surface area (Å²) in [6.45, 7) is 4.74. The molecule has 0 radical (unpaired) electrons. The normalized spacial score (nSPS) is 15.1. The highest BCUT2D eigenvalue weighted by atomic mass is 16.5. The maximum atomic E-state index is 11.7. The minimum atomic E-state index is -0.693. The van der Waals surface area contributed by atoms with Gasteiger partial charge in [0.25, 0.3) is 11.8 Å².